The van der Waals surface area contributed by atoms with Crippen LogP contribution in [0.2, 0.25) is 0 Å². The minimum absolute atomic E-state index is 0.0126. The number of hydrogen-bond donors (Lipinski definition) is 2. The number of hydrogen-bond acceptors (Lipinski definition) is 6. The lowest BCUT2D eigenvalue weighted by molar-refractivity contribution is -0.135. The highest BCUT2D eigenvalue weighted by atomic mass is 16.2. The van der Waals surface area contributed by atoms with Gasteiger partial charge in [-0.05, 0) is 73.6 Å². The predicted octanol–water partition coefficient (Wildman–Crippen LogP) is 4.88. The van der Waals surface area contributed by atoms with Gasteiger partial charge >= 0.3 is 11.7 Å². The van der Waals surface area contributed by atoms with Crippen LogP contribution in [0.25, 0.3) is 11.4 Å². The van der Waals surface area contributed by atoms with Gasteiger partial charge in [0.05, 0.1) is 6.04 Å². The van der Waals surface area contributed by atoms with E-state index in [4.69, 9.17) is 0 Å². The molecule has 8 rings (SSSR count). The van der Waals surface area contributed by atoms with E-state index in [1.54, 1.807) is 4.90 Å². The molecule has 4 aliphatic rings. The van der Waals surface area contributed by atoms with Crippen LogP contribution in [0, 0.1) is 0 Å². The standard InChI is InChI=1S/C43H54N8O3/c52-41(49-21-17-37(18-22-49)48-27-25-47(26-28-48)31-32-9-3-1-4-10-32)39(30-33-15-16-34-11-7-8-14-36(34)29-33)44-42(53)50-23-19-38(20-24-50)51-43(54)45-40(46-51)35-12-5-2-6-13-35/h1-6,9-10,12-13,15-16,29,37-39H,7-8,11,14,17-28,30-31H2,(H,44,53)(H,45,46,54)/t39-/m1/s1. The molecule has 1 atom stereocenters. The van der Waals surface area contributed by atoms with E-state index in [9.17, 15) is 14.4 Å². The van der Waals surface area contributed by atoms with Gasteiger partial charge in [-0.2, -0.15) is 0 Å². The number of aromatic amines is 1. The van der Waals surface area contributed by atoms with Gasteiger partial charge < -0.3 is 15.1 Å². The molecule has 0 spiro atoms. The highest BCUT2D eigenvalue weighted by molar-refractivity contribution is 5.87. The smallest absolute Gasteiger partial charge is 0.341 e. The average molecular weight is 731 g/mol. The summed E-state index contributed by atoms with van der Waals surface area (Å²) < 4.78 is 1.54. The van der Waals surface area contributed by atoms with Crippen LogP contribution in [0.5, 0.6) is 0 Å². The maximum absolute atomic E-state index is 14.3. The quantitative estimate of drug-likeness (QED) is 0.254. The molecule has 0 radical (unpaired) electrons. The summed E-state index contributed by atoms with van der Waals surface area (Å²) in [7, 11) is 0. The Morgan fingerprint density at radius 1 is 0.722 bits per heavy atom. The molecule has 3 saturated heterocycles. The van der Waals surface area contributed by atoms with E-state index in [-0.39, 0.29) is 23.7 Å². The Labute approximate surface area is 318 Å². The molecule has 1 aromatic heterocycles. The van der Waals surface area contributed by atoms with Crippen molar-refractivity contribution in [1.82, 2.24) is 39.7 Å². The number of aromatic nitrogens is 3. The number of nitrogens with one attached hydrogen (secondary N) is 2. The largest absolute Gasteiger partial charge is 0.343 e. The number of piperazine rings is 1. The third-order valence-electron chi connectivity index (χ3n) is 12.2. The van der Waals surface area contributed by atoms with Gasteiger partial charge in [0.1, 0.15) is 6.04 Å². The summed E-state index contributed by atoms with van der Waals surface area (Å²) in [5, 5.41) is 7.80. The van der Waals surface area contributed by atoms with Crippen LogP contribution < -0.4 is 11.0 Å². The number of fused-ring (bicyclic) bond motifs is 1. The molecule has 0 saturated carbocycles. The number of nitrogens with zero attached hydrogens (tertiary/aromatic N) is 6. The zero-order chi connectivity index (χ0) is 36.9. The molecule has 54 heavy (non-hydrogen) atoms. The van der Waals surface area contributed by atoms with Gasteiger partial charge in [0, 0.05) is 76.9 Å². The Bertz CT molecular complexity index is 1920. The molecule has 3 aromatic carbocycles. The van der Waals surface area contributed by atoms with E-state index in [1.807, 2.05) is 35.2 Å². The number of benzene rings is 3. The normalized spacial score (nSPS) is 19.7. The maximum Gasteiger partial charge on any atom is 0.343 e. The van der Waals surface area contributed by atoms with E-state index in [1.165, 1.54) is 34.2 Å². The first kappa shape index (κ1) is 36.2. The Hall–Kier alpha value is -4.74. The number of piperidine rings is 2. The molecule has 1 aliphatic carbocycles. The number of aryl methyl sites for hydroxylation is 2. The summed E-state index contributed by atoms with van der Waals surface area (Å²) in [5.41, 5.74) is 5.89. The Kier molecular flexibility index (Phi) is 11.2. The molecule has 3 aliphatic heterocycles. The third kappa shape index (κ3) is 8.47. The zero-order valence-corrected chi connectivity index (χ0v) is 31.4. The molecule has 3 amide bonds. The summed E-state index contributed by atoms with van der Waals surface area (Å²) >= 11 is 0. The molecule has 4 aromatic rings. The number of likely N-dealkylation sites (tertiary alicyclic amines) is 2. The molecule has 0 unspecified atom stereocenters. The first-order chi connectivity index (χ1) is 26.5. The van der Waals surface area contributed by atoms with Crippen molar-refractivity contribution in [2.24, 2.45) is 0 Å². The highest BCUT2D eigenvalue weighted by Crippen LogP contribution is 2.26. The molecular weight excluding hydrogens is 677 g/mol. The van der Waals surface area contributed by atoms with Crippen molar-refractivity contribution < 1.29 is 9.59 Å². The minimum atomic E-state index is -0.641. The van der Waals surface area contributed by atoms with E-state index in [0.29, 0.717) is 57.3 Å². The monoisotopic (exact) mass is 730 g/mol. The fourth-order valence-corrected chi connectivity index (χ4v) is 9.01. The van der Waals surface area contributed by atoms with Gasteiger partial charge in [-0.3, -0.25) is 19.6 Å². The fourth-order valence-electron chi connectivity index (χ4n) is 9.01. The summed E-state index contributed by atoms with van der Waals surface area (Å²) in [4.78, 5) is 52.9. The molecule has 11 heteroatoms. The topological polar surface area (TPSA) is 110 Å². The summed E-state index contributed by atoms with van der Waals surface area (Å²) in [6.45, 7) is 7.63. The Balaban J connectivity index is 0.884. The van der Waals surface area contributed by atoms with Crippen LogP contribution >= 0.6 is 0 Å². The first-order valence-electron chi connectivity index (χ1n) is 20.2. The molecule has 3 fully saturated rings. The second-order valence-electron chi connectivity index (χ2n) is 15.7. The third-order valence-corrected chi connectivity index (χ3v) is 12.2. The van der Waals surface area contributed by atoms with E-state index in [0.717, 1.165) is 69.5 Å². The van der Waals surface area contributed by atoms with Gasteiger partial charge in [0.15, 0.2) is 5.82 Å². The highest BCUT2D eigenvalue weighted by Gasteiger charge is 2.34. The number of H-pyrrole nitrogens is 1. The van der Waals surface area contributed by atoms with Crippen molar-refractivity contribution in [2.75, 3.05) is 52.4 Å². The van der Waals surface area contributed by atoms with Crippen LogP contribution in [-0.4, -0.2) is 111 Å². The number of carbonyl (C=O) groups excluding carboxylic acids is 2. The SMILES string of the molecule is O=C(N[C@H](Cc1ccc2c(c1)CCCC2)C(=O)N1CCC(N2CCN(Cc3ccccc3)CC2)CC1)N1CCC(n2nc(-c3ccccc3)[nH]c2=O)CC1. The lowest BCUT2D eigenvalue weighted by atomic mass is 9.89. The maximum atomic E-state index is 14.3. The van der Waals surface area contributed by atoms with Crippen molar-refractivity contribution >= 4 is 11.9 Å². The van der Waals surface area contributed by atoms with Crippen molar-refractivity contribution in [3.05, 3.63) is 112 Å². The fraction of sp³-hybridized carbons (Fsp3) is 0.488. The molecule has 4 heterocycles. The summed E-state index contributed by atoms with van der Waals surface area (Å²) in [6, 6.07) is 26.5. The molecule has 11 nitrogen and oxygen atoms in total. The first-order valence-corrected chi connectivity index (χ1v) is 20.2. The number of carbonyl (C=O) groups is 2. The van der Waals surface area contributed by atoms with Crippen LogP contribution in [0.3, 0.4) is 0 Å². The van der Waals surface area contributed by atoms with Crippen LogP contribution in [0.4, 0.5) is 4.79 Å². The lowest BCUT2D eigenvalue weighted by Gasteiger charge is -2.43. The van der Waals surface area contributed by atoms with Gasteiger partial charge in [-0.1, -0.05) is 78.9 Å². The number of rotatable bonds is 9. The number of amides is 3. The second kappa shape index (κ2) is 16.7. The van der Waals surface area contributed by atoms with E-state index < -0.39 is 6.04 Å². The van der Waals surface area contributed by atoms with Crippen LogP contribution in [0.1, 0.15) is 66.8 Å². The minimum Gasteiger partial charge on any atom is -0.341 e. The Morgan fingerprint density at radius 3 is 2.09 bits per heavy atom. The second-order valence-corrected chi connectivity index (χ2v) is 15.7. The molecule has 0 bridgehead atoms. The molecular formula is C43H54N8O3. The van der Waals surface area contributed by atoms with Crippen molar-refractivity contribution in [3.8, 4) is 11.4 Å². The molecule has 284 valence electrons. The Morgan fingerprint density at radius 2 is 1.37 bits per heavy atom. The van der Waals surface area contributed by atoms with Crippen LogP contribution in [-0.2, 0) is 30.6 Å². The van der Waals surface area contributed by atoms with Gasteiger partial charge in [-0.15, -0.1) is 5.10 Å². The van der Waals surface area contributed by atoms with E-state index >= 15 is 0 Å². The van der Waals surface area contributed by atoms with Crippen LogP contribution in [0.15, 0.2) is 83.7 Å². The number of urea groups is 1. The predicted molar refractivity (Wildman–Crippen MR) is 210 cm³/mol. The van der Waals surface area contributed by atoms with Gasteiger partial charge in [0.2, 0.25) is 5.91 Å². The van der Waals surface area contributed by atoms with E-state index in [2.05, 4.69) is 73.7 Å². The molecule has 2 N–H and O–H groups in total. The van der Waals surface area contributed by atoms with Crippen molar-refractivity contribution in [3.63, 3.8) is 0 Å². The summed E-state index contributed by atoms with van der Waals surface area (Å²) in [5.74, 6) is 0.563. The van der Waals surface area contributed by atoms with Gasteiger partial charge in [-0.25, -0.2) is 14.3 Å². The van der Waals surface area contributed by atoms with Crippen molar-refractivity contribution in [2.45, 2.75) is 82.5 Å². The lowest BCUT2D eigenvalue weighted by Crippen LogP contribution is -2.57. The average Bonchev–Trinajstić information content (AvgIpc) is 3.62. The van der Waals surface area contributed by atoms with Gasteiger partial charge in [0.25, 0.3) is 0 Å². The van der Waals surface area contributed by atoms with Crippen molar-refractivity contribution in [1.29, 1.82) is 0 Å². The summed E-state index contributed by atoms with van der Waals surface area (Å²) in [6.07, 6.45) is 8.22. The zero-order valence-electron chi connectivity index (χ0n) is 31.4.